The molecule has 2 fully saturated rings. The number of aromatic nitrogens is 2. The van der Waals surface area contributed by atoms with Gasteiger partial charge >= 0.3 is 6.03 Å². The number of amides is 3. The largest absolute Gasteiger partial charge is 0.335 e. The third-order valence-electron chi connectivity index (χ3n) is 5.92. The SMILES string of the molecule is O=C(CN1CCN(c2cccc3c2cnn3-c2ccccc2F)C1=O)N1CC(F)C(F)C1. The van der Waals surface area contributed by atoms with Crippen molar-refractivity contribution in [3.8, 4) is 5.69 Å². The van der Waals surface area contributed by atoms with Crippen LogP contribution in [-0.4, -0.2) is 76.6 Å². The Morgan fingerprint density at radius 3 is 2.47 bits per heavy atom. The van der Waals surface area contributed by atoms with Crippen LogP contribution in [0.15, 0.2) is 48.7 Å². The Kier molecular flexibility index (Phi) is 4.99. The number of hydrogen-bond donors (Lipinski definition) is 0. The molecule has 3 amide bonds. The maximum atomic E-state index is 14.3. The van der Waals surface area contributed by atoms with Crippen LogP contribution >= 0.6 is 0 Å². The molecule has 7 nitrogen and oxygen atoms in total. The van der Waals surface area contributed by atoms with E-state index in [1.807, 2.05) is 0 Å². The molecular weight excluding hydrogens is 423 g/mol. The third-order valence-corrected chi connectivity index (χ3v) is 5.92. The van der Waals surface area contributed by atoms with Crippen molar-refractivity contribution in [3.05, 3.63) is 54.5 Å². The first-order chi connectivity index (χ1) is 15.4. The highest BCUT2D eigenvalue weighted by atomic mass is 19.2. The van der Waals surface area contributed by atoms with Crippen LogP contribution in [0.3, 0.4) is 0 Å². The lowest BCUT2D eigenvalue weighted by molar-refractivity contribution is -0.130. The van der Waals surface area contributed by atoms with E-state index in [0.29, 0.717) is 35.4 Å². The lowest BCUT2D eigenvalue weighted by Crippen LogP contribution is -2.41. The maximum Gasteiger partial charge on any atom is 0.325 e. The minimum Gasteiger partial charge on any atom is -0.335 e. The number of rotatable bonds is 4. The number of alkyl halides is 2. The summed E-state index contributed by atoms with van der Waals surface area (Å²) in [7, 11) is 0. The normalized spacial score (nSPS) is 21.2. The number of likely N-dealkylation sites (tertiary alicyclic amines) is 1. The average Bonchev–Trinajstić information content (AvgIpc) is 3.46. The van der Waals surface area contributed by atoms with Gasteiger partial charge in [-0.25, -0.2) is 22.6 Å². The minimum atomic E-state index is -1.69. The number of halogens is 3. The van der Waals surface area contributed by atoms with E-state index in [2.05, 4.69) is 5.10 Å². The number of nitrogens with zero attached hydrogens (tertiary/aromatic N) is 5. The summed E-state index contributed by atoms with van der Waals surface area (Å²) >= 11 is 0. The van der Waals surface area contributed by atoms with Crippen molar-refractivity contribution in [2.75, 3.05) is 37.6 Å². The molecule has 2 aliphatic heterocycles. The van der Waals surface area contributed by atoms with Gasteiger partial charge in [-0.1, -0.05) is 18.2 Å². The van der Waals surface area contributed by atoms with Gasteiger partial charge < -0.3 is 9.80 Å². The molecule has 0 radical (unpaired) electrons. The molecule has 5 rings (SSSR count). The van der Waals surface area contributed by atoms with E-state index in [-0.39, 0.29) is 25.7 Å². The first-order valence-electron chi connectivity index (χ1n) is 10.3. The van der Waals surface area contributed by atoms with Gasteiger partial charge in [0.15, 0.2) is 12.3 Å². The Bertz CT molecular complexity index is 1190. The molecule has 2 atom stereocenters. The van der Waals surface area contributed by atoms with Crippen LogP contribution in [0.4, 0.5) is 23.7 Å². The number of carbonyl (C=O) groups excluding carboxylic acids is 2. The Morgan fingerprint density at radius 2 is 1.72 bits per heavy atom. The van der Waals surface area contributed by atoms with Crippen molar-refractivity contribution < 1.29 is 22.8 Å². The third kappa shape index (κ3) is 3.35. The number of hydrogen-bond acceptors (Lipinski definition) is 3. The molecule has 3 heterocycles. The maximum absolute atomic E-state index is 14.3. The highest BCUT2D eigenvalue weighted by Gasteiger charge is 2.38. The van der Waals surface area contributed by atoms with Gasteiger partial charge in [-0.3, -0.25) is 9.69 Å². The molecule has 0 saturated carbocycles. The zero-order chi connectivity index (χ0) is 22.4. The van der Waals surface area contributed by atoms with E-state index >= 15 is 0 Å². The van der Waals surface area contributed by atoms with E-state index < -0.39 is 24.1 Å². The molecule has 2 saturated heterocycles. The van der Waals surface area contributed by atoms with Gasteiger partial charge in [0.25, 0.3) is 0 Å². The summed E-state index contributed by atoms with van der Waals surface area (Å²) in [6.45, 7) is -0.179. The van der Waals surface area contributed by atoms with Gasteiger partial charge in [0.1, 0.15) is 18.0 Å². The molecule has 1 aromatic heterocycles. The molecule has 2 aromatic carbocycles. The Morgan fingerprint density at radius 1 is 1.00 bits per heavy atom. The summed E-state index contributed by atoms with van der Waals surface area (Å²) in [4.78, 5) is 29.4. The molecule has 10 heteroatoms. The first-order valence-corrected chi connectivity index (χ1v) is 10.3. The summed E-state index contributed by atoms with van der Waals surface area (Å²) in [6.07, 6.45) is -1.80. The van der Waals surface area contributed by atoms with Crippen molar-refractivity contribution in [1.82, 2.24) is 19.6 Å². The molecule has 2 unspecified atom stereocenters. The number of para-hydroxylation sites is 1. The highest BCUT2D eigenvalue weighted by Crippen LogP contribution is 2.31. The lowest BCUT2D eigenvalue weighted by atomic mass is 10.2. The molecule has 3 aromatic rings. The van der Waals surface area contributed by atoms with Crippen LogP contribution in [0.5, 0.6) is 0 Å². The summed E-state index contributed by atoms with van der Waals surface area (Å²) in [5.74, 6) is -0.897. The first kappa shape index (κ1) is 20.3. The van der Waals surface area contributed by atoms with E-state index in [1.54, 1.807) is 42.6 Å². The summed E-state index contributed by atoms with van der Waals surface area (Å²) in [6, 6.07) is 11.2. The topological polar surface area (TPSA) is 61.7 Å². The smallest absolute Gasteiger partial charge is 0.325 e. The second kappa shape index (κ2) is 7.85. The van der Waals surface area contributed by atoms with Crippen LogP contribution < -0.4 is 4.90 Å². The minimum absolute atomic E-state index is 0.237. The van der Waals surface area contributed by atoms with Crippen LogP contribution in [-0.2, 0) is 4.79 Å². The fraction of sp³-hybridized carbons (Fsp3) is 0.318. The number of urea groups is 1. The number of anilines is 1. The van der Waals surface area contributed by atoms with Crippen molar-refractivity contribution >= 4 is 28.5 Å². The molecule has 0 aliphatic carbocycles. The molecule has 0 N–H and O–H groups in total. The van der Waals surface area contributed by atoms with Gasteiger partial charge in [0.05, 0.1) is 30.5 Å². The second-order valence-corrected chi connectivity index (χ2v) is 7.90. The summed E-state index contributed by atoms with van der Waals surface area (Å²) in [5, 5.41) is 4.97. The van der Waals surface area contributed by atoms with Crippen LogP contribution in [0.1, 0.15) is 0 Å². The Balaban J connectivity index is 1.38. The molecule has 32 heavy (non-hydrogen) atoms. The van der Waals surface area contributed by atoms with E-state index in [0.717, 1.165) is 4.90 Å². The molecule has 0 bridgehead atoms. The van der Waals surface area contributed by atoms with Gasteiger partial charge in [0.2, 0.25) is 5.91 Å². The van der Waals surface area contributed by atoms with Gasteiger partial charge in [-0.15, -0.1) is 0 Å². The zero-order valence-corrected chi connectivity index (χ0v) is 17.0. The Labute approximate surface area is 181 Å². The van der Waals surface area contributed by atoms with Crippen molar-refractivity contribution in [2.24, 2.45) is 0 Å². The van der Waals surface area contributed by atoms with Gasteiger partial charge in [-0.2, -0.15) is 5.10 Å². The van der Waals surface area contributed by atoms with E-state index in [4.69, 9.17) is 0 Å². The standard InChI is InChI=1S/C22H20F3N5O2/c23-15-4-1-2-5-20(15)30-19-7-3-6-18(14(19)10-26-30)29-9-8-27(22(29)32)13-21(31)28-11-16(24)17(25)12-28/h1-7,10,16-17H,8-9,11-13H2. The number of fused-ring (bicyclic) bond motifs is 1. The van der Waals surface area contributed by atoms with E-state index in [1.165, 1.54) is 20.5 Å². The van der Waals surface area contributed by atoms with Crippen molar-refractivity contribution in [1.29, 1.82) is 0 Å². The zero-order valence-electron chi connectivity index (χ0n) is 17.0. The summed E-state index contributed by atoms with van der Waals surface area (Å²) < 4.78 is 42.6. The van der Waals surface area contributed by atoms with Gasteiger partial charge in [0, 0.05) is 18.5 Å². The predicted octanol–water partition coefficient (Wildman–Crippen LogP) is 2.93. The van der Waals surface area contributed by atoms with Crippen LogP contribution in [0, 0.1) is 5.82 Å². The lowest BCUT2D eigenvalue weighted by Gasteiger charge is -2.21. The quantitative estimate of drug-likeness (QED) is 0.623. The Hall–Kier alpha value is -3.56. The fourth-order valence-corrected chi connectivity index (χ4v) is 4.23. The highest BCUT2D eigenvalue weighted by molar-refractivity contribution is 6.04. The molecule has 2 aliphatic rings. The van der Waals surface area contributed by atoms with Crippen LogP contribution in [0.2, 0.25) is 0 Å². The number of benzene rings is 2. The van der Waals surface area contributed by atoms with Crippen molar-refractivity contribution in [2.45, 2.75) is 12.3 Å². The second-order valence-electron chi connectivity index (χ2n) is 7.90. The molecular formula is C22H20F3N5O2. The molecule has 166 valence electrons. The van der Waals surface area contributed by atoms with Gasteiger partial charge in [-0.05, 0) is 24.3 Å². The monoisotopic (exact) mass is 443 g/mol. The fourth-order valence-electron chi connectivity index (χ4n) is 4.23. The molecule has 0 spiro atoms. The number of carbonyl (C=O) groups is 2. The van der Waals surface area contributed by atoms with E-state index in [9.17, 15) is 22.8 Å². The summed E-state index contributed by atoms with van der Waals surface area (Å²) in [5.41, 5.74) is 1.52. The average molecular weight is 443 g/mol. The van der Waals surface area contributed by atoms with Crippen LogP contribution in [0.25, 0.3) is 16.6 Å². The van der Waals surface area contributed by atoms with Crippen molar-refractivity contribution in [3.63, 3.8) is 0 Å². The predicted molar refractivity (Wildman–Crippen MR) is 112 cm³/mol.